The van der Waals surface area contributed by atoms with Gasteiger partial charge in [0.2, 0.25) is 0 Å². The van der Waals surface area contributed by atoms with E-state index in [2.05, 4.69) is 60.5 Å². The molecule has 6 heterocycles. The minimum absolute atomic E-state index is 0. The lowest BCUT2D eigenvalue weighted by molar-refractivity contribution is 0.101. The van der Waals surface area contributed by atoms with Crippen LogP contribution in [0.3, 0.4) is 0 Å². The van der Waals surface area contributed by atoms with Gasteiger partial charge in [-0.3, -0.25) is 18.4 Å². The summed E-state index contributed by atoms with van der Waals surface area (Å²) < 4.78 is 21.4. The molecule has 0 spiro atoms. The molecule has 14 heteroatoms. The molecule has 2 aliphatic rings. The van der Waals surface area contributed by atoms with Crippen LogP contribution in [0.15, 0.2) is 68.5 Å². The maximum absolute atomic E-state index is 13.6. The molecule has 12 nitrogen and oxygen atoms in total. The fraction of sp³-hybridized carbons (Fsp3) is 0.273. The minimum Gasteiger partial charge on any atom is -0.312 e. The highest BCUT2D eigenvalue weighted by molar-refractivity contribution is 7.10. The molecular formula is C33H39FN10O2S. The summed E-state index contributed by atoms with van der Waals surface area (Å²) in [6, 6.07) is 8.28. The molecule has 0 aliphatic heterocycles. The number of aromatic nitrogens is 8. The lowest BCUT2D eigenvalue weighted by Crippen LogP contribution is -2.16. The molecule has 246 valence electrons. The quantitative estimate of drug-likeness (QED) is 0.197. The number of nitrogens with zero attached hydrogens (tertiary/aromatic N) is 8. The third-order valence-electron chi connectivity index (χ3n) is 7.84. The van der Waals surface area contributed by atoms with E-state index in [0.29, 0.717) is 28.3 Å². The third kappa shape index (κ3) is 6.63. The lowest BCUT2D eigenvalue weighted by Gasteiger charge is -2.10. The highest BCUT2D eigenvalue weighted by Crippen LogP contribution is 2.34. The Bertz CT molecular complexity index is 2030. The Hall–Kier alpha value is -5.37. The van der Waals surface area contributed by atoms with Crippen molar-refractivity contribution in [3.8, 4) is 0 Å². The fourth-order valence-corrected chi connectivity index (χ4v) is 6.24. The SMILES string of the molecule is C=C.CC.C[C@@H]1CCc2c1cc(C(=O)Nc1ccns1)c1nncn21.O=C(Nc1ncccc1F)c1cc2c(n3cnnc13)CCC2.[HH].[HH]. The summed E-state index contributed by atoms with van der Waals surface area (Å²) >= 11 is 1.25. The molecule has 6 aromatic heterocycles. The van der Waals surface area contributed by atoms with Crippen LogP contribution in [-0.2, 0) is 19.3 Å². The number of carbonyl (C=O) groups excluding carboxylic acids is 2. The Morgan fingerprint density at radius 2 is 1.62 bits per heavy atom. The third-order valence-corrected chi connectivity index (χ3v) is 8.50. The summed E-state index contributed by atoms with van der Waals surface area (Å²) in [6.45, 7) is 12.2. The van der Waals surface area contributed by atoms with Crippen molar-refractivity contribution in [3.63, 3.8) is 0 Å². The van der Waals surface area contributed by atoms with Gasteiger partial charge in [0.15, 0.2) is 22.9 Å². The van der Waals surface area contributed by atoms with E-state index < -0.39 is 11.7 Å². The maximum Gasteiger partial charge on any atom is 0.260 e. The Balaban J connectivity index is 0.000000233. The molecule has 0 unspecified atom stereocenters. The van der Waals surface area contributed by atoms with E-state index in [1.807, 2.05) is 34.8 Å². The molecule has 2 aliphatic carbocycles. The molecule has 6 aromatic rings. The van der Waals surface area contributed by atoms with Crippen LogP contribution in [0.4, 0.5) is 15.2 Å². The summed E-state index contributed by atoms with van der Waals surface area (Å²) in [4.78, 5) is 28.8. The first kappa shape index (κ1) is 33.0. The molecule has 47 heavy (non-hydrogen) atoms. The summed E-state index contributed by atoms with van der Waals surface area (Å²) in [5, 5.41) is 22.1. The standard InChI is InChI=1S/C15H12FN5O.C14H13N5OS.C2H6.C2H4.2H2/c16-11-4-2-6-17-13(11)19-15(22)10-7-9-3-1-5-12(9)21-8-18-20-14(10)21;1-8-2-3-11-9(8)6-10(13-18-15-7-19(11)13)14(20)17-12-4-5-16-21-12;2*1-2;;/h2,4,6-8H,1,3,5H2,(H,17,19,22);4-8H,2-3H2,1H3,(H,17,20);1-2H3;1-2H2;2*1H/t;8-;;;;/m.1..../s1. The van der Waals surface area contributed by atoms with Gasteiger partial charge in [-0.1, -0.05) is 20.8 Å². The van der Waals surface area contributed by atoms with Gasteiger partial charge in [0.1, 0.15) is 17.7 Å². The zero-order valence-corrected chi connectivity index (χ0v) is 27.2. The van der Waals surface area contributed by atoms with E-state index in [0.717, 1.165) is 48.4 Å². The Kier molecular flexibility index (Phi) is 10.4. The van der Waals surface area contributed by atoms with Gasteiger partial charge in [-0.25, -0.2) is 9.37 Å². The number of hydrogen-bond acceptors (Lipinski definition) is 9. The van der Waals surface area contributed by atoms with Gasteiger partial charge in [-0.2, -0.15) is 4.37 Å². The Morgan fingerprint density at radius 1 is 0.936 bits per heavy atom. The van der Waals surface area contributed by atoms with Crippen molar-refractivity contribution in [2.75, 3.05) is 10.6 Å². The number of rotatable bonds is 4. The smallest absolute Gasteiger partial charge is 0.260 e. The highest BCUT2D eigenvalue weighted by atomic mass is 32.1. The number of hydrogen-bond donors (Lipinski definition) is 2. The van der Waals surface area contributed by atoms with Gasteiger partial charge in [0.25, 0.3) is 11.8 Å². The van der Waals surface area contributed by atoms with Gasteiger partial charge in [0, 0.05) is 26.6 Å². The highest BCUT2D eigenvalue weighted by Gasteiger charge is 2.26. The van der Waals surface area contributed by atoms with Crippen LogP contribution in [0.25, 0.3) is 11.3 Å². The number of halogens is 1. The van der Waals surface area contributed by atoms with Crippen molar-refractivity contribution < 1.29 is 16.8 Å². The van der Waals surface area contributed by atoms with Crippen molar-refractivity contribution in [2.24, 2.45) is 0 Å². The zero-order valence-electron chi connectivity index (χ0n) is 26.4. The number of aryl methyl sites for hydroxylation is 3. The second-order valence-corrected chi connectivity index (χ2v) is 11.3. The minimum atomic E-state index is -0.575. The molecule has 2 amide bonds. The van der Waals surface area contributed by atoms with E-state index in [9.17, 15) is 14.0 Å². The van der Waals surface area contributed by atoms with Crippen molar-refractivity contribution in [1.82, 2.24) is 38.6 Å². The van der Waals surface area contributed by atoms with Crippen LogP contribution >= 0.6 is 11.5 Å². The molecule has 0 fully saturated rings. The van der Waals surface area contributed by atoms with Crippen molar-refractivity contribution >= 4 is 45.5 Å². The van der Waals surface area contributed by atoms with Gasteiger partial charge in [-0.05, 0) is 91.0 Å². The van der Waals surface area contributed by atoms with E-state index in [4.69, 9.17) is 0 Å². The molecule has 0 saturated heterocycles. The molecular weight excluding hydrogens is 619 g/mol. The summed E-state index contributed by atoms with van der Waals surface area (Å²) in [7, 11) is 0. The molecule has 0 aromatic carbocycles. The first-order valence-corrected chi connectivity index (χ1v) is 16.1. The second kappa shape index (κ2) is 14.8. The number of pyridine rings is 3. The van der Waals surface area contributed by atoms with Crippen LogP contribution in [-0.4, -0.2) is 50.4 Å². The number of nitrogens with one attached hydrogen (secondary N) is 2. The van der Waals surface area contributed by atoms with E-state index in [-0.39, 0.29) is 14.6 Å². The zero-order chi connectivity index (χ0) is 33.5. The Morgan fingerprint density at radius 3 is 2.30 bits per heavy atom. The van der Waals surface area contributed by atoms with Crippen LogP contribution in [0.1, 0.15) is 85.6 Å². The van der Waals surface area contributed by atoms with Gasteiger partial charge in [-0.15, -0.1) is 33.6 Å². The van der Waals surface area contributed by atoms with Crippen molar-refractivity contribution in [2.45, 2.75) is 58.8 Å². The van der Waals surface area contributed by atoms with E-state index in [1.54, 1.807) is 24.9 Å². The number of fused-ring (bicyclic) bond motifs is 6. The molecule has 0 saturated carbocycles. The topological polar surface area (TPSA) is 144 Å². The van der Waals surface area contributed by atoms with Gasteiger partial charge >= 0.3 is 0 Å². The average Bonchev–Trinajstić information content (AvgIpc) is 3.94. The number of anilines is 2. The van der Waals surface area contributed by atoms with Crippen LogP contribution in [0, 0.1) is 5.82 Å². The maximum atomic E-state index is 13.6. The predicted molar refractivity (Wildman–Crippen MR) is 184 cm³/mol. The molecule has 0 bridgehead atoms. The first-order chi connectivity index (χ1) is 23.0. The largest absolute Gasteiger partial charge is 0.312 e. The lowest BCUT2D eigenvalue weighted by atomic mass is 10.0. The fourth-order valence-electron chi connectivity index (χ4n) is 5.74. The van der Waals surface area contributed by atoms with Crippen LogP contribution in [0.2, 0.25) is 0 Å². The predicted octanol–water partition coefficient (Wildman–Crippen LogP) is 6.81. The summed E-state index contributed by atoms with van der Waals surface area (Å²) in [5.74, 6) is -0.814. The van der Waals surface area contributed by atoms with E-state index >= 15 is 0 Å². The summed E-state index contributed by atoms with van der Waals surface area (Å²) in [6.07, 6.45) is 11.4. The van der Waals surface area contributed by atoms with Gasteiger partial charge in [0.05, 0.1) is 11.1 Å². The molecule has 2 N–H and O–H groups in total. The van der Waals surface area contributed by atoms with Crippen LogP contribution in [0.5, 0.6) is 0 Å². The molecule has 0 radical (unpaired) electrons. The van der Waals surface area contributed by atoms with Crippen LogP contribution < -0.4 is 10.6 Å². The van der Waals surface area contributed by atoms with Gasteiger partial charge < -0.3 is 10.6 Å². The van der Waals surface area contributed by atoms with E-state index in [1.165, 1.54) is 41.1 Å². The first-order valence-electron chi connectivity index (χ1n) is 15.3. The van der Waals surface area contributed by atoms with Crippen molar-refractivity contribution in [3.05, 3.63) is 108 Å². The normalized spacial score (nSPS) is 14.1. The Labute approximate surface area is 277 Å². The van der Waals surface area contributed by atoms with Crippen molar-refractivity contribution in [1.29, 1.82) is 0 Å². The average molecular weight is 659 g/mol. The molecule has 1 atom stereocenters. The summed E-state index contributed by atoms with van der Waals surface area (Å²) in [5.41, 5.74) is 6.73. The number of carbonyl (C=O) groups is 2. The molecule has 8 rings (SSSR count). The monoisotopic (exact) mass is 658 g/mol. The number of amides is 2. The second-order valence-electron chi connectivity index (χ2n) is 10.5.